The first-order valence-corrected chi connectivity index (χ1v) is 21.7. The Bertz CT molecular complexity index is 1640. The Labute approximate surface area is 350 Å². The second kappa shape index (κ2) is 21.8. The van der Waals surface area contributed by atoms with Crippen LogP contribution in [0.3, 0.4) is 0 Å². The fourth-order valence-electron chi connectivity index (χ4n) is 9.89. The summed E-state index contributed by atoms with van der Waals surface area (Å²) in [5.41, 5.74) is 6.20. The smallest absolute Gasteiger partial charge is 0.258 e. The van der Waals surface area contributed by atoms with Crippen LogP contribution >= 0.6 is 0 Å². The maximum absolute atomic E-state index is 12.8. The van der Waals surface area contributed by atoms with Crippen LogP contribution in [0.25, 0.3) is 0 Å². The molecule has 330 valence electrons. The average molecular weight is 825 g/mol. The molecule has 2 aliphatic heterocycles. The van der Waals surface area contributed by atoms with Crippen LogP contribution in [-0.4, -0.2) is 114 Å². The third kappa shape index (κ3) is 12.3. The first kappa shape index (κ1) is 48.1. The SMILES string of the molecule is CC1=C[C@@H]2[C@H](O)CCC[C@@H]2[C@](C)(C(O)=C2C(=O)CNC2=O)[C@@H]1CC[C@H](C)[C@H](O)/C(C)=C/C[C@H](O)/C=C/[C@H](C)[C@H](O)/C=C/C[C@H](O)/C=C/C[C@H](O)C[C@@H]1CCCN1C(=N)N. The fourth-order valence-corrected chi connectivity index (χ4v) is 9.89. The molecule has 13 heteroatoms. The molecular formula is C46H72N4O9. The number of carbonyl (C=O) groups is 2. The molecule has 3 fully saturated rings. The summed E-state index contributed by atoms with van der Waals surface area (Å²) in [4.78, 5) is 27.3. The molecule has 11 N–H and O–H groups in total. The summed E-state index contributed by atoms with van der Waals surface area (Å²) < 4.78 is 0. The first-order valence-electron chi connectivity index (χ1n) is 21.7. The molecule has 4 aliphatic rings. The Morgan fingerprint density at radius 3 is 2.37 bits per heavy atom. The van der Waals surface area contributed by atoms with Crippen LogP contribution in [0.4, 0.5) is 0 Å². The van der Waals surface area contributed by atoms with Gasteiger partial charge >= 0.3 is 0 Å². The van der Waals surface area contributed by atoms with Gasteiger partial charge in [0.15, 0.2) is 11.7 Å². The van der Waals surface area contributed by atoms with Gasteiger partial charge in [0.05, 0.1) is 43.2 Å². The molecule has 0 aromatic heterocycles. The molecule has 0 unspecified atom stereocenters. The lowest BCUT2D eigenvalue weighted by Crippen LogP contribution is -2.50. The Morgan fingerprint density at radius 1 is 1.00 bits per heavy atom. The van der Waals surface area contributed by atoms with Crippen molar-refractivity contribution in [2.24, 2.45) is 40.7 Å². The minimum absolute atomic E-state index is 0.0315. The van der Waals surface area contributed by atoms with Crippen LogP contribution < -0.4 is 11.1 Å². The number of amides is 1. The molecule has 2 saturated heterocycles. The van der Waals surface area contributed by atoms with Crippen molar-refractivity contribution in [3.05, 3.63) is 71.1 Å². The number of rotatable bonds is 19. The van der Waals surface area contributed by atoms with Gasteiger partial charge in [-0.05, 0) is 101 Å². The predicted octanol–water partition coefficient (Wildman–Crippen LogP) is 4.25. The molecule has 0 aromatic carbocycles. The zero-order valence-electron chi connectivity index (χ0n) is 35.7. The Hall–Kier alpha value is -3.59. The molecule has 2 heterocycles. The lowest BCUT2D eigenvalue weighted by atomic mass is 9.52. The monoisotopic (exact) mass is 825 g/mol. The number of nitrogens with zero attached hydrogens (tertiary/aromatic N) is 1. The summed E-state index contributed by atoms with van der Waals surface area (Å²) in [5, 5.41) is 86.3. The number of Topliss-reactive ketones (excluding diaryl/α,β-unsaturated/α-hetero) is 1. The topological polar surface area (TPSA) is 241 Å². The van der Waals surface area contributed by atoms with Gasteiger partial charge in [-0.3, -0.25) is 15.0 Å². The predicted molar refractivity (Wildman–Crippen MR) is 229 cm³/mol. The largest absolute Gasteiger partial charge is 0.511 e. The number of nitrogens with two attached hydrogens (primary N) is 1. The number of allylic oxidation sites excluding steroid dienone is 2. The van der Waals surface area contributed by atoms with Gasteiger partial charge in [-0.2, -0.15) is 0 Å². The van der Waals surface area contributed by atoms with Gasteiger partial charge in [0, 0.05) is 29.8 Å². The number of aliphatic hydroxyl groups is 7. The van der Waals surface area contributed by atoms with Crippen molar-refractivity contribution in [2.75, 3.05) is 13.1 Å². The molecule has 0 aromatic rings. The molecule has 13 nitrogen and oxygen atoms in total. The lowest BCUT2D eigenvalue weighted by molar-refractivity contribution is -0.118. The van der Waals surface area contributed by atoms with Crippen molar-refractivity contribution in [3.8, 4) is 0 Å². The fraction of sp³-hybridized carbons (Fsp3) is 0.674. The number of ketones is 1. The summed E-state index contributed by atoms with van der Waals surface area (Å²) >= 11 is 0. The summed E-state index contributed by atoms with van der Waals surface area (Å²) in [6, 6.07) is 0.0588. The van der Waals surface area contributed by atoms with E-state index in [1.807, 2.05) is 45.6 Å². The summed E-state index contributed by atoms with van der Waals surface area (Å²) in [6.45, 7) is 10.1. The Balaban J connectivity index is 1.25. The van der Waals surface area contributed by atoms with Crippen molar-refractivity contribution < 1.29 is 45.3 Å². The van der Waals surface area contributed by atoms with Crippen molar-refractivity contribution >= 4 is 17.6 Å². The number of hydrogen-bond donors (Lipinski definition) is 10. The van der Waals surface area contributed by atoms with Gasteiger partial charge in [-0.15, -0.1) is 0 Å². The van der Waals surface area contributed by atoms with E-state index in [1.165, 1.54) is 0 Å². The number of carbonyl (C=O) groups excluding carboxylic acids is 2. The highest BCUT2D eigenvalue weighted by Gasteiger charge is 2.55. The van der Waals surface area contributed by atoms with Crippen LogP contribution in [0.15, 0.2) is 71.1 Å². The zero-order valence-corrected chi connectivity index (χ0v) is 35.7. The average Bonchev–Trinajstić information content (AvgIpc) is 3.80. The quantitative estimate of drug-likeness (QED) is 0.0221. The maximum atomic E-state index is 12.8. The Morgan fingerprint density at radius 2 is 1.69 bits per heavy atom. The van der Waals surface area contributed by atoms with Crippen LogP contribution in [-0.2, 0) is 9.59 Å². The highest BCUT2D eigenvalue weighted by Crippen LogP contribution is 2.58. The van der Waals surface area contributed by atoms with Crippen LogP contribution in [0.2, 0.25) is 0 Å². The number of fused-ring (bicyclic) bond motifs is 1. The molecule has 4 rings (SSSR count). The summed E-state index contributed by atoms with van der Waals surface area (Å²) in [6.07, 6.45) is 16.2. The number of hydrogen-bond acceptors (Lipinski definition) is 10. The van der Waals surface area contributed by atoms with E-state index in [1.54, 1.807) is 36.5 Å². The van der Waals surface area contributed by atoms with E-state index in [4.69, 9.17) is 11.1 Å². The molecule has 1 amide bonds. The maximum Gasteiger partial charge on any atom is 0.258 e. The van der Waals surface area contributed by atoms with Crippen molar-refractivity contribution in [1.29, 1.82) is 5.41 Å². The lowest BCUT2D eigenvalue weighted by Gasteiger charge is -2.53. The third-order valence-electron chi connectivity index (χ3n) is 13.6. The Kier molecular flexibility index (Phi) is 17.8. The first-order chi connectivity index (χ1) is 27.9. The van der Waals surface area contributed by atoms with Crippen molar-refractivity contribution in [1.82, 2.24) is 10.2 Å². The highest BCUT2D eigenvalue weighted by molar-refractivity contribution is 6.25. The van der Waals surface area contributed by atoms with E-state index in [9.17, 15) is 45.3 Å². The molecule has 13 atom stereocenters. The molecule has 1 saturated carbocycles. The second-order valence-electron chi connectivity index (χ2n) is 17.9. The number of guanidine groups is 1. The van der Waals surface area contributed by atoms with Gasteiger partial charge in [0.1, 0.15) is 11.3 Å². The molecular weight excluding hydrogens is 753 g/mol. The van der Waals surface area contributed by atoms with E-state index in [2.05, 4.69) is 11.4 Å². The van der Waals surface area contributed by atoms with Gasteiger partial charge in [0.25, 0.3) is 5.91 Å². The minimum atomic E-state index is -0.953. The minimum Gasteiger partial charge on any atom is -0.511 e. The van der Waals surface area contributed by atoms with Crippen LogP contribution in [0.1, 0.15) is 105 Å². The third-order valence-corrected chi connectivity index (χ3v) is 13.6. The standard InChI is InChI=1S/C46H72N4O9/c1-27(38(54)15-7-12-32(51)11-6-13-34(53)25-31-10-9-23-50(31)45(47)48)17-20-33(52)21-18-28(2)42(57)29(3)19-22-36-30(4)24-35-37(14-8-16-39(35)55)46(36,5)43(58)41-40(56)26-49-44(41)59/h6-7,11,15,17-18,20,24,27,29,31-39,42,51-55,57-58H,8-10,12-14,16,19,21-23,25-26H2,1-5H3,(H3,47,48)(H,49,59)/b11-6+,15-7+,20-17+,28-18+,43-41?/t27-,29-,31-,32+,33+,34-,35-,36+,37-,38+,39+,42+,46+/m0/s1. The number of likely N-dealkylation sites (tertiary alicyclic amines) is 1. The van der Waals surface area contributed by atoms with Gasteiger partial charge in [-0.25, -0.2) is 0 Å². The zero-order chi connectivity index (χ0) is 43.6. The second-order valence-corrected chi connectivity index (χ2v) is 17.9. The van der Waals surface area contributed by atoms with E-state index < -0.39 is 53.7 Å². The normalized spacial score (nSPS) is 31.2. The molecule has 0 spiro atoms. The van der Waals surface area contributed by atoms with Crippen LogP contribution in [0, 0.1) is 40.4 Å². The molecule has 0 bridgehead atoms. The van der Waals surface area contributed by atoms with Gasteiger partial charge < -0.3 is 51.7 Å². The van der Waals surface area contributed by atoms with E-state index >= 15 is 0 Å². The number of nitrogens with one attached hydrogen (secondary N) is 2. The van der Waals surface area contributed by atoms with Gasteiger partial charge in [-0.1, -0.05) is 81.4 Å². The molecule has 2 aliphatic carbocycles. The van der Waals surface area contributed by atoms with Crippen LogP contribution in [0.5, 0.6) is 0 Å². The number of aliphatic hydroxyl groups excluding tert-OH is 7. The highest BCUT2D eigenvalue weighted by atomic mass is 16.3. The van der Waals surface area contributed by atoms with E-state index in [0.29, 0.717) is 37.7 Å². The summed E-state index contributed by atoms with van der Waals surface area (Å²) in [7, 11) is 0. The van der Waals surface area contributed by atoms with E-state index in [-0.39, 0.29) is 72.3 Å². The van der Waals surface area contributed by atoms with Gasteiger partial charge in [0.2, 0.25) is 0 Å². The van der Waals surface area contributed by atoms with Crippen molar-refractivity contribution in [2.45, 2.75) is 148 Å². The molecule has 0 radical (unpaired) electrons. The van der Waals surface area contributed by atoms with E-state index in [0.717, 1.165) is 37.8 Å². The summed E-state index contributed by atoms with van der Waals surface area (Å²) in [5.74, 6) is -2.23. The molecule has 59 heavy (non-hydrogen) atoms. The van der Waals surface area contributed by atoms with Crippen molar-refractivity contribution in [3.63, 3.8) is 0 Å².